The normalized spacial score (nSPS) is 53.8. The SMILES string of the molecule is C=C1C[C@@]23CC[C@H]4[C@@](C)(CCC[C@@]4(C)C(=O)O[C@@H]4OC(CO)[C@@H](O)C(O)[C@@H]4O)[C@@H]2CC[C@H]1C3. The van der Waals surface area contributed by atoms with Crippen molar-refractivity contribution in [3.8, 4) is 0 Å². The molecule has 2 bridgehead atoms. The maximum Gasteiger partial charge on any atom is 0.314 e. The molecule has 0 aromatic heterocycles. The van der Waals surface area contributed by atoms with E-state index in [0.29, 0.717) is 17.3 Å². The summed E-state index contributed by atoms with van der Waals surface area (Å²) >= 11 is 0. The third kappa shape index (κ3) is 3.37. The van der Waals surface area contributed by atoms with Gasteiger partial charge in [0, 0.05) is 0 Å². The number of carbonyl (C=O) groups is 1. The van der Waals surface area contributed by atoms with Gasteiger partial charge in [-0.1, -0.05) is 25.5 Å². The number of allylic oxidation sites excluding steroid dienone is 1. The van der Waals surface area contributed by atoms with E-state index in [2.05, 4.69) is 13.5 Å². The molecular weight excluding hydrogens is 424 g/mol. The van der Waals surface area contributed by atoms with Gasteiger partial charge in [0.25, 0.3) is 0 Å². The predicted octanol–water partition coefficient (Wildman–Crippen LogP) is 2.30. The number of carbonyl (C=O) groups excluding carboxylic acids is 1. The second-order valence-electron chi connectivity index (χ2n) is 12.2. The zero-order valence-corrected chi connectivity index (χ0v) is 19.9. The average Bonchev–Trinajstić information content (AvgIpc) is 3.01. The minimum absolute atomic E-state index is 0.0508. The smallest absolute Gasteiger partial charge is 0.314 e. The van der Waals surface area contributed by atoms with Crippen LogP contribution in [0.25, 0.3) is 0 Å². The summed E-state index contributed by atoms with van der Waals surface area (Å²) in [5, 5.41) is 40.0. The van der Waals surface area contributed by atoms with E-state index < -0.39 is 48.7 Å². The highest BCUT2D eigenvalue weighted by molar-refractivity contribution is 5.77. The molecule has 1 heterocycles. The number of aliphatic hydroxyl groups is 4. The Balaban J connectivity index is 1.38. The van der Waals surface area contributed by atoms with Gasteiger partial charge < -0.3 is 29.9 Å². The minimum atomic E-state index is -1.57. The second kappa shape index (κ2) is 8.02. The molecule has 1 spiro atoms. The summed E-state index contributed by atoms with van der Waals surface area (Å²) in [5.74, 6) is 1.02. The summed E-state index contributed by atoms with van der Waals surface area (Å²) in [4.78, 5) is 13.6. The van der Waals surface area contributed by atoms with E-state index in [4.69, 9.17) is 9.47 Å². The molecule has 0 radical (unpaired) electrons. The molecule has 186 valence electrons. The van der Waals surface area contributed by atoms with Gasteiger partial charge in [-0.25, -0.2) is 0 Å². The molecule has 0 aromatic carbocycles. The molecule has 11 atom stereocenters. The van der Waals surface area contributed by atoms with Crippen LogP contribution >= 0.6 is 0 Å². The van der Waals surface area contributed by atoms with E-state index in [0.717, 1.165) is 38.5 Å². The highest BCUT2D eigenvalue weighted by Crippen LogP contribution is 2.72. The van der Waals surface area contributed by atoms with Gasteiger partial charge >= 0.3 is 5.97 Å². The van der Waals surface area contributed by atoms with E-state index in [9.17, 15) is 25.2 Å². The highest BCUT2D eigenvalue weighted by Gasteiger charge is 2.65. The van der Waals surface area contributed by atoms with Crippen molar-refractivity contribution in [3.63, 3.8) is 0 Å². The molecule has 5 aliphatic rings. The van der Waals surface area contributed by atoms with Gasteiger partial charge in [0.1, 0.15) is 24.4 Å². The van der Waals surface area contributed by atoms with Crippen LogP contribution < -0.4 is 0 Å². The van der Waals surface area contributed by atoms with Crippen LogP contribution in [0.3, 0.4) is 0 Å². The molecular formula is C26H40O7. The summed E-state index contributed by atoms with van der Waals surface area (Å²) in [6.07, 6.45) is 2.58. The van der Waals surface area contributed by atoms with Crippen molar-refractivity contribution in [1.29, 1.82) is 0 Å². The third-order valence-electron chi connectivity index (χ3n) is 10.6. The van der Waals surface area contributed by atoms with Crippen LogP contribution in [-0.4, -0.2) is 63.7 Å². The monoisotopic (exact) mass is 464 g/mol. The van der Waals surface area contributed by atoms with Crippen LogP contribution in [0.2, 0.25) is 0 Å². The first kappa shape index (κ1) is 23.7. The fraction of sp³-hybridized carbons (Fsp3) is 0.885. The summed E-state index contributed by atoms with van der Waals surface area (Å²) in [6, 6.07) is 0. The highest BCUT2D eigenvalue weighted by atomic mass is 16.7. The number of esters is 1. The van der Waals surface area contributed by atoms with Gasteiger partial charge in [0.05, 0.1) is 12.0 Å². The lowest BCUT2D eigenvalue weighted by Gasteiger charge is -2.63. The number of hydrogen-bond acceptors (Lipinski definition) is 7. The van der Waals surface area contributed by atoms with E-state index in [1.54, 1.807) is 0 Å². The van der Waals surface area contributed by atoms with Crippen molar-refractivity contribution < 1.29 is 34.7 Å². The molecule has 1 aliphatic heterocycles. The molecule has 7 heteroatoms. The lowest BCUT2D eigenvalue weighted by Crippen LogP contribution is -2.61. The molecule has 1 saturated heterocycles. The molecule has 4 aliphatic carbocycles. The summed E-state index contributed by atoms with van der Waals surface area (Å²) in [5.41, 5.74) is 1.11. The van der Waals surface area contributed by atoms with Gasteiger partial charge in [-0.2, -0.15) is 0 Å². The van der Waals surface area contributed by atoms with Crippen molar-refractivity contribution in [2.24, 2.45) is 34.0 Å². The minimum Gasteiger partial charge on any atom is -0.432 e. The number of ether oxygens (including phenoxy) is 2. The van der Waals surface area contributed by atoms with Gasteiger partial charge in [-0.05, 0) is 86.9 Å². The Hall–Kier alpha value is -0.990. The second-order valence-corrected chi connectivity index (χ2v) is 12.2. The predicted molar refractivity (Wildman–Crippen MR) is 120 cm³/mol. The molecule has 33 heavy (non-hydrogen) atoms. The lowest BCUT2D eigenvalue weighted by atomic mass is 9.41. The average molecular weight is 465 g/mol. The molecule has 5 fully saturated rings. The van der Waals surface area contributed by atoms with Crippen LogP contribution in [0, 0.1) is 34.0 Å². The zero-order chi connectivity index (χ0) is 23.8. The van der Waals surface area contributed by atoms with Crippen molar-refractivity contribution >= 4 is 5.97 Å². The Labute approximate surface area is 196 Å². The summed E-state index contributed by atoms with van der Waals surface area (Å²) in [7, 11) is 0. The Kier molecular flexibility index (Phi) is 5.77. The molecule has 4 N–H and O–H groups in total. The van der Waals surface area contributed by atoms with Crippen LogP contribution in [0.5, 0.6) is 0 Å². The number of rotatable bonds is 3. The van der Waals surface area contributed by atoms with E-state index in [-0.39, 0.29) is 11.3 Å². The van der Waals surface area contributed by atoms with Crippen molar-refractivity contribution in [3.05, 3.63) is 12.2 Å². The van der Waals surface area contributed by atoms with Crippen LogP contribution in [0.15, 0.2) is 12.2 Å². The van der Waals surface area contributed by atoms with Crippen molar-refractivity contribution in [1.82, 2.24) is 0 Å². The van der Waals surface area contributed by atoms with Crippen molar-refractivity contribution in [2.45, 2.75) is 102 Å². The van der Waals surface area contributed by atoms with Crippen molar-refractivity contribution in [2.75, 3.05) is 6.61 Å². The Morgan fingerprint density at radius 1 is 1.06 bits per heavy atom. The largest absolute Gasteiger partial charge is 0.432 e. The first-order chi connectivity index (χ1) is 15.6. The first-order valence-corrected chi connectivity index (χ1v) is 12.7. The fourth-order valence-electron chi connectivity index (χ4n) is 9.00. The Bertz CT molecular complexity index is 812. The summed E-state index contributed by atoms with van der Waals surface area (Å²) < 4.78 is 11.2. The molecule has 5 rings (SSSR count). The van der Waals surface area contributed by atoms with Gasteiger partial charge in [-0.15, -0.1) is 0 Å². The number of aliphatic hydroxyl groups excluding tert-OH is 4. The van der Waals surface area contributed by atoms with Crippen LogP contribution in [0.1, 0.15) is 71.6 Å². The maximum atomic E-state index is 13.6. The topological polar surface area (TPSA) is 116 Å². The molecule has 7 nitrogen and oxygen atoms in total. The maximum absolute atomic E-state index is 13.6. The van der Waals surface area contributed by atoms with Crippen LogP contribution in [0.4, 0.5) is 0 Å². The Morgan fingerprint density at radius 3 is 2.55 bits per heavy atom. The third-order valence-corrected chi connectivity index (χ3v) is 10.6. The fourth-order valence-corrected chi connectivity index (χ4v) is 9.00. The van der Waals surface area contributed by atoms with Crippen LogP contribution in [-0.2, 0) is 14.3 Å². The zero-order valence-electron chi connectivity index (χ0n) is 19.9. The van der Waals surface area contributed by atoms with E-state index >= 15 is 0 Å². The van der Waals surface area contributed by atoms with Gasteiger partial charge in [0.2, 0.25) is 6.29 Å². The van der Waals surface area contributed by atoms with E-state index in [1.165, 1.54) is 24.8 Å². The lowest BCUT2D eigenvalue weighted by molar-refractivity contribution is -0.298. The standard InChI is InChI=1S/C26H40O7/c1-14-11-26-10-7-17-24(2,18(26)6-5-15(14)12-26)8-4-9-25(17,3)23(31)33-22-21(30)20(29)19(28)16(13-27)32-22/h15-22,27-30H,1,4-13H2,2-3H3/t15-,16?,17-,18-,19+,20?,21-,22-,24+,25+,26+/m0/s1. The Morgan fingerprint density at radius 2 is 1.82 bits per heavy atom. The van der Waals surface area contributed by atoms with Gasteiger partial charge in [0.15, 0.2) is 0 Å². The molecule has 4 saturated carbocycles. The quantitative estimate of drug-likeness (QED) is 0.374. The molecule has 0 amide bonds. The van der Waals surface area contributed by atoms with Gasteiger partial charge in [-0.3, -0.25) is 4.79 Å². The number of hydrogen-bond donors (Lipinski definition) is 4. The van der Waals surface area contributed by atoms with E-state index in [1.807, 2.05) is 6.92 Å². The molecule has 0 aromatic rings. The molecule has 2 unspecified atom stereocenters. The number of fused-ring (bicyclic) bond motifs is 3. The summed E-state index contributed by atoms with van der Waals surface area (Å²) in [6.45, 7) is 8.24. The first-order valence-electron chi connectivity index (χ1n) is 12.7.